The van der Waals surface area contributed by atoms with Crippen LogP contribution in [0.5, 0.6) is 0 Å². The fourth-order valence-electron chi connectivity index (χ4n) is 0.920. The number of amides is 1. The molecule has 0 aliphatic carbocycles. The maximum Gasteiger partial charge on any atom is 0.241 e. The molecule has 1 heterocycles. The molecule has 0 atom stereocenters. The minimum Gasteiger partial charge on any atom is -0.361 e. The summed E-state index contributed by atoms with van der Waals surface area (Å²) < 4.78 is 0. The molecule has 1 aromatic heterocycles. The van der Waals surface area contributed by atoms with Crippen molar-refractivity contribution >= 4 is 11.7 Å². The zero-order valence-corrected chi connectivity index (χ0v) is 8.69. The molecule has 0 aromatic carbocycles. The van der Waals surface area contributed by atoms with E-state index in [2.05, 4.69) is 10.3 Å². The summed E-state index contributed by atoms with van der Waals surface area (Å²) in [6.07, 6.45) is 0. The fourth-order valence-corrected chi connectivity index (χ4v) is 0.920. The molecule has 0 unspecified atom stereocenters. The van der Waals surface area contributed by atoms with E-state index in [0.717, 1.165) is 0 Å². The molecule has 0 saturated carbocycles. The number of hydrogen-bond acceptors (Lipinski definition) is 4. The summed E-state index contributed by atoms with van der Waals surface area (Å²) in [6, 6.07) is 6.97. The Hall–Kier alpha value is -2.09. The van der Waals surface area contributed by atoms with Gasteiger partial charge in [-0.15, -0.1) is 0 Å². The lowest BCUT2D eigenvalue weighted by atomic mass is 10.3. The van der Waals surface area contributed by atoms with Crippen molar-refractivity contribution in [3.05, 3.63) is 23.9 Å². The number of pyridine rings is 1. The van der Waals surface area contributed by atoms with Crippen molar-refractivity contribution in [1.82, 2.24) is 9.88 Å². The molecule has 0 radical (unpaired) electrons. The zero-order valence-electron chi connectivity index (χ0n) is 8.69. The van der Waals surface area contributed by atoms with E-state index >= 15 is 0 Å². The van der Waals surface area contributed by atoms with Gasteiger partial charge >= 0.3 is 0 Å². The van der Waals surface area contributed by atoms with Crippen molar-refractivity contribution in [3.63, 3.8) is 0 Å². The van der Waals surface area contributed by atoms with Crippen molar-refractivity contribution in [2.75, 3.05) is 26.0 Å². The van der Waals surface area contributed by atoms with Gasteiger partial charge in [0.25, 0.3) is 0 Å². The summed E-state index contributed by atoms with van der Waals surface area (Å²) >= 11 is 0. The SMILES string of the molecule is CN(C)C(=O)CNc1cccc(C#N)n1. The second-order valence-corrected chi connectivity index (χ2v) is 3.16. The Morgan fingerprint density at radius 3 is 2.93 bits per heavy atom. The molecule has 1 N–H and O–H groups in total. The molecule has 0 bridgehead atoms. The maximum atomic E-state index is 11.2. The van der Waals surface area contributed by atoms with Crippen LogP contribution in [0.4, 0.5) is 5.82 Å². The van der Waals surface area contributed by atoms with Gasteiger partial charge in [0.2, 0.25) is 5.91 Å². The van der Waals surface area contributed by atoms with Crippen LogP contribution in [-0.4, -0.2) is 36.4 Å². The minimum atomic E-state index is -0.0424. The Labute approximate surface area is 88.3 Å². The minimum absolute atomic E-state index is 0.0424. The first-order valence-corrected chi connectivity index (χ1v) is 4.44. The average Bonchev–Trinajstić information content (AvgIpc) is 2.26. The van der Waals surface area contributed by atoms with Crippen LogP contribution in [0.25, 0.3) is 0 Å². The highest BCUT2D eigenvalue weighted by Crippen LogP contribution is 2.03. The van der Waals surface area contributed by atoms with E-state index in [1.165, 1.54) is 4.90 Å². The van der Waals surface area contributed by atoms with Crippen molar-refractivity contribution in [2.45, 2.75) is 0 Å². The number of nitrogens with one attached hydrogen (secondary N) is 1. The molecule has 1 aromatic rings. The van der Waals surface area contributed by atoms with Crippen molar-refractivity contribution < 1.29 is 4.79 Å². The largest absolute Gasteiger partial charge is 0.361 e. The predicted octanol–water partition coefficient (Wildman–Crippen LogP) is 0.453. The van der Waals surface area contributed by atoms with E-state index in [9.17, 15) is 4.79 Å². The summed E-state index contributed by atoms with van der Waals surface area (Å²) in [6.45, 7) is 0.175. The number of likely N-dealkylation sites (N-methyl/N-ethyl adjacent to an activating group) is 1. The highest BCUT2D eigenvalue weighted by molar-refractivity contribution is 5.80. The van der Waals surface area contributed by atoms with E-state index in [4.69, 9.17) is 5.26 Å². The first-order valence-electron chi connectivity index (χ1n) is 4.44. The molecule has 78 valence electrons. The first-order chi connectivity index (χ1) is 7.13. The van der Waals surface area contributed by atoms with Crippen LogP contribution in [0.1, 0.15) is 5.69 Å². The second-order valence-electron chi connectivity index (χ2n) is 3.16. The Morgan fingerprint density at radius 2 is 2.33 bits per heavy atom. The number of aromatic nitrogens is 1. The molecule has 1 amide bonds. The first kappa shape index (κ1) is 11.0. The predicted molar refractivity (Wildman–Crippen MR) is 56.1 cm³/mol. The van der Waals surface area contributed by atoms with Gasteiger partial charge in [-0.1, -0.05) is 6.07 Å². The molecule has 0 fully saturated rings. The third kappa shape index (κ3) is 3.27. The van der Waals surface area contributed by atoms with Gasteiger partial charge in [0, 0.05) is 14.1 Å². The molecule has 15 heavy (non-hydrogen) atoms. The van der Waals surface area contributed by atoms with Gasteiger partial charge in [0.1, 0.15) is 17.6 Å². The fraction of sp³-hybridized carbons (Fsp3) is 0.300. The van der Waals surface area contributed by atoms with Crippen LogP contribution in [0.2, 0.25) is 0 Å². The molecule has 0 aliphatic heterocycles. The molecule has 0 saturated heterocycles. The van der Waals surface area contributed by atoms with Crippen molar-refractivity contribution in [3.8, 4) is 6.07 Å². The van der Waals surface area contributed by atoms with E-state index in [-0.39, 0.29) is 12.5 Å². The summed E-state index contributed by atoms with van der Waals surface area (Å²) in [7, 11) is 3.37. The molecule has 0 aliphatic rings. The van der Waals surface area contributed by atoms with Crippen LogP contribution in [-0.2, 0) is 4.79 Å². The summed E-state index contributed by atoms with van der Waals surface area (Å²) in [5, 5.41) is 11.5. The van der Waals surface area contributed by atoms with E-state index < -0.39 is 0 Å². The van der Waals surface area contributed by atoms with Gasteiger partial charge < -0.3 is 10.2 Å². The normalized spacial score (nSPS) is 9.13. The summed E-state index contributed by atoms with van der Waals surface area (Å²) in [5.41, 5.74) is 0.331. The van der Waals surface area contributed by atoms with Crippen molar-refractivity contribution in [1.29, 1.82) is 5.26 Å². The van der Waals surface area contributed by atoms with Gasteiger partial charge in [0.15, 0.2) is 0 Å². The van der Waals surface area contributed by atoms with E-state index in [0.29, 0.717) is 11.5 Å². The lowest BCUT2D eigenvalue weighted by Crippen LogP contribution is -2.28. The lowest BCUT2D eigenvalue weighted by molar-refractivity contribution is -0.126. The molecule has 5 heteroatoms. The maximum absolute atomic E-state index is 11.2. The van der Waals surface area contributed by atoms with Crippen LogP contribution in [0.15, 0.2) is 18.2 Å². The number of nitrogens with zero attached hydrogens (tertiary/aromatic N) is 3. The quantitative estimate of drug-likeness (QED) is 0.776. The highest BCUT2D eigenvalue weighted by Gasteiger charge is 2.03. The van der Waals surface area contributed by atoms with E-state index in [1.54, 1.807) is 32.3 Å². The average molecular weight is 204 g/mol. The van der Waals surface area contributed by atoms with Gasteiger partial charge in [-0.25, -0.2) is 4.98 Å². The third-order valence-electron chi connectivity index (χ3n) is 1.78. The Kier molecular flexibility index (Phi) is 3.63. The van der Waals surface area contributed by atoms with Crippen LogP contribution < -0.4 is 5.32 Å². The number of nitriles is 1. The molecular formula is C10H12N4O. The zero-order chi connectivity index (χ0) is 11.3. The van der Waals surface area contributed by atoms with Gasteiger partial charge in [0.05, 0.1) is 6.54 Å². The van der Waals surface area contributed by atoms with Gasteiger partial charge in [-0.05, 0) is 12.1 Å². The summed E-state index contributed by atoms with van der Waals surface area (Å²) in [4.78, 5) is 16.7. The number of hydrogen-bond donors (Lipinski definition) is 1. The van der Waals surface area contributed by atoms with Crippen molar-refractivity contribution in [2.24, 2.45) is 0 Å². The van der Waals surface area contributed by atoms with E-state index in [1.807, 2.05) is 6.07 Å². The Bertz CT molecular complexity index is 395. The molecule has 0 spiro atoms. The van der Waals surface area contributed by atoms with Crippen LogP contribution in [0, 0.1) is 11.3 Å². The van der Waals surface area contributed by atoms with Gasteiger partial charge in [-0.3, -0.25) is 4.79 Å². The topological polar surface area (TPSA) is 69.0 Å². The van der Waals surface area contributed by atoms with Crippen LogP contribution in [0.3, 0.4) is 0 Å². The molecular weight excluding hydrogens is 192 g/mol. The third-order valence-corrected chi connectivity index (χ3v) is 1.78. The molecule has 5 nitrogen and oxygen atoms in total. The number of carbonyl (C=O) groups excluding carboxylic acids is 1. The standard InChI is InChI=1S/C10H12N4O/c1-14(2)10(15)7-12-9-5-3-4-8(6-11)13-9/h3-5H,7H2,1-2H3,(H,12,13). The highest BCUT2D eigenvalue weighted by atomic mass is 16.2. The Balaban J connectivity index is 2.59. The van der Waals surface area contributed by atoms with Crippen LogP contribution >= 0.6 is 0 Å². The van der Waals surface area contributed by atoms with Gasteiger partial charge in [-0.2, -0.15) is 5.26 Å². The number of rotatable bonds is 3. The number of anilines is 1. The smallest absolute Gasteiger partial charge is 0.241 e. The monoisotopic (exact) mass is 204 g/mol. The molecule has 1 rings (SSSR count). The second kappa shape index (κ2) is 4.96. The number of carbonyl (C=O) groups is 1. The Morgan fingerprint density at radius 1 is 1.60 bits per heavy atom. The lowest BCUT2D eigenvalue weighted by Gasteiger charge is -2.11. The summed E-state index contributed by atoms with van der Waals surface area (Å²) in [5.74, 6) is 0.489.